The van der Waals surface area contributed by atoms with Crippen molar-refractivity contribution in [3.05, 3.63) is 82.3 Å². The summed E-state index contributed by atoms with van der Waals surface area (Å²) >= 11 is 1.47. The van der Waals surface area contributed by atoms with Gasteiger partial charge in [0.1, 0.15) is 0 Å². The van der Waals surface area contributed by atoms with Crippen LogP contribution >= 0.6 is 11.3 Å². The lowest BCUT2D eigenvalue weighted by Gasteiger charge is -2.30. The second-order valence-corrected chi connectivity index (χ2v) is 9.27. The van der Waals surface area contributed by atoms with Gasteiger partial charge >= 0.3 is 0 Å². The van der Waals surface area contributed by atoms with Crippen LogP contribution in [0.1, 0.15) is 9.75 Å². The van der Waals surface area contributed by atoms with Gasteiger partial charge in [0.25, 0.3) is 5.91 Å². The summed E-state index contributed by atoms with van der Waals surface area (Å²) in [6, 6.07) is 19.0. The molecule has 3 aromatic rings. The molecule has 1 N–H and O–H groups in total. The number of likely N-dealkylation sites (N-methyl/N-ethyl adjacent to an activating group) is 1. The molecule has 1 saturated heterocycles. The topological polar surface area (TPSA) is 71.1 Å². The number of benzene rings is 2. The van der Waals surface area contributed by atoms with Gasteiger partial charge in [0.2, 0.25) is 5.91 Å². The number of amides is 2. The summed E-state index contributed by atoms with van der Waals surface area (Å²) in [7, 11) is 1.73. The van der Waals surface area contributed by atoms with Crippen molar-refractivity contribution in [3.8, 4) is 5.75 Å². The minimum absolute atomic E-state index is 0.201. The van der Waals surface area contributed by atoms with E-state index in [1.165, 1.54) is 17.4 Å². The van der Waals surface area contributed by atoms with Crippen molar-refractivity contribution in [2.75, 3.05) is 48.5 Å². The number of rotatable bonds is 5. The van der Waals surface area contributed by atoms with E-state index in [1.54, 1.807) is 24.1 Å². The first kappa shape index (κ1) is 22.9. The lowest BCUT2D eigenvalue weighted by atomic mass is 10.2. The molecule has 8 heteroatoms. The second kappa shape index (κ2) is 10.2. The van der Waals surface area contributed by atoms with E-state index in [0.29, 0.717) is 19.0 Å². The molecule has 0 bridgehead atoms. The summed E-state index contributed by atoms with van der Waals surface area (Å²) in [4.78, 5) is 30.9. The van der Waals surface area contributed by atoms with Gasteiger partial charge in [0.15, 0.2) is 11.5 Å². The molecule has 2 aliphatic heterocycles. The minimum Gasteiger partial charge on any atom is -0.449 e. The molecule has 5 rings (SSSR count). The third-order valence-electron chi connectivity index (χ3n) is 5.80. The Balaban J connectivity index is 1.26. The number of hydrogen-bond donors (Lipinski definition) is 1. The molecule has 0 unspecified atom stereocenters. The first-order chi connectivity index (χ1) is 17.1. The smallest absolute Gasteiger partial charge is 0.293 e. The van der Waals surface area contributed by atoms with Gasteiger partial charge in [-0.3, -0.25) is 9.59 Å². The molecule has 178 valence electrons. The Bertz CT molecular complexity index is 1310. The maximum atomic E-state index is 12.7. The van der Waals surface area contributed by atoms with Gasteiger partial charge in [-0.05, 0) is 42.5 Å². The van der Waals surface area contributed by atoms with Crippen molar-refractivity contribution in [1.29, 1.82) is 0 Å². The summed E-state index contributed by atoms with van der Waals surface area (Å²) in [6.07, 6.45) is 5.02. The molecule has 0 radical (unpaired) electrons. The molecule has 3 heterocycles. The number of anilines is 3. The highest BCUT2D eigenvalue weighted by Gasteiger charge is 2.27. The average Bonchev–Trinajstić information content (AvgIpc) is 3.34. The van der Waals surface area contributed by atoms with Crippen LogP contribution in [0.4, 0.5) is 17.1 Å². The molecule has 0 atom stereocenters. The quantitative estimate of drug-likeness (QED) is 0.532. The van der Waals surface area contributed by atoms with Crippen LogP contribution in [0.5, 0.6) is 5.75 Å². The number of thiophene rings is 1. The molecule has 0 spiro atoms. The van der Waals surface area contributed by atoms with Crippen LogP contribution in [0.2, 0.25) is 0 Å². The van der Waals surface area contributed by atoms with E-state index in [0.717, 1.165) is 39.9 Å². The number of para-hydroxylation sites is 4. The van der Waals surface area contributed by atoms with Crippen LogP contribution in [0, 0.1) is 0 Å². The predicted molar refractivity (Wildman–Crippen MR) is 140 cm³/mol. The zero-order chi connectivity index (χ0) is 24.2. The monoisotopic (exact) mass is 487 g/mol. The van der Waals surface area contributed by atoms with Gasteiger partial charge in [-0.2, -0.15) is 0 Å². The van der Waals surface area contributed by atoms with Crippen LogP contribution in [-0.2, 0) is 14.3 Å². The van der Waals surface area contributed by atoms with Crippen molar-refractivity contribution < 1.29 is 19.1 Å². The Hall–Kier alpha value is -3.88. The molecular formula is C27H25N3O4S. The van der Waals surface area contributed by atoms with Crippen molar-refractivity contribution in [3.63, 3.8) is 0 Å². The SMILES string of the molecule is CN1C(=O)/C(=C/c2ccc(/C=C/C(=O)Nc3ccccc3N3CCOCC3)s2)Oc2ccccc21. The third kappa shape index (κ3) is 5.13. The summed E-state index contributed by atoms with van der Waals surface area (Å²) in [6.45, 7) is 2.95. The number of fused-ring (bicyclic) bond motifs is 1. The Kier molecular flexibility index (Phi) is 6.65. The molecule has 35 heavy (non-hydrogen) atoms. The fourth-order valence-electron chi connectivity index (χ4n) is 4.00. The number of morpholine rings is 1. The van der Waals surface area contributed by atoms with Crippen molar-refractivity contribution >= 4 is 52.4 Å². The van der Waals surface area contributed by atoms with Crippen LogP contribution in [-0.4, -0.2) is 45.2 Å². The van der Waals surface area contributed by atoms with Gasteiger partial charge in [0.05, 0.1) is 30.3 Å². The highest BCUT2D eigenvalue weighted by atomic mass is 32.1. The first-order valence-electron chi connectivity index (χ1n) is 11.4. The normalized spacial score (nSPS) is 16.9. The Labute approximate surface area is 207 Å². The summed E-state index contributed by atoms with van der Waals surface area (Å²) < 4.78 is 11.3. The van der Waals surface area contributed by atoms with Gasteiger partial charge in [-0.15, -0.1) is 11.3 Å². The number of nitrogens with one attached hydrogen (secondary N) is 1. The van der Waals surface area contributed by atoms with E-state index >= 15 is 0 Å². The molecule has 1 aromatic heterocycles. The fourth-order valence-corrected chi connectivity index (χ4v) is 4.85. The molecule has 2 aliphatic rings. The molecular weight excluding hydrogens is 462 g/mol. The highest BCUT2D eigenvalue weighted by Crippen LogP contribution is 2.35. The molecule has 2 aromatic carbocycles. The number of carbonyl (C=O) groups excluding carboxylic acids is 2. The van der Waals surface area contributed by atoms with E-state index in [9.17, 15) is 9.59 Å². The average molecular weight is 488 g/mol. The number of ether oxygens (including phenoxy) is 2. The standard InChI is InChI=1S/C27H25N3O4S/c1-29-23-8-4-5-9-24(23)34-25(27(29)32)18-20-11-10-19(35-20)12-13-26(31)28-21-6-2-3-7-22(21)30-14-16-33-17-15-30/h2-13,18H,14-17H2,1H3,(H,28,31)/b13-12+,25-18-. The summed E-state index contributed by atoms with van der Waals surface area (Å²) in [5.74, 6) is 0.503. The van der Waals surface area contributed by atoms with E-state index in [4.69, 9.17) is 9.47 Å². The summed E-state index contributed by atoms with van der Waals surface area (Å²) in [5.41, 5.74) is 2.51. The number of nitrogens with zero attached hydrogens (tertiary/aromatic N) is 2. The van der Waals surface area contributed by atoms with Crippen LogP contribution in [0.15, 0.2) is 72.5 Å². The van der Waals surface area contributed by atoms with Crippen molar-refractivity contribution in [1.82, 2.24) is 0 Å². The van der Waals surface area contributed by atoms with Gasteiger partial charge in [-0.25, -0.2) is 0 Å². The minimum atomic E-state index is -0.206. The van der Waals surface area contributed by atoms with Crippen LogP contribution < -0.4 is 19.9 Å². The maximum Gasteiger partial charge on any atom is 0.293 e. The van der Waals surface area contributed by atoms with Crippen LogP contribution in [0.25, 0.3) is 12.2 Å². The van der Waals surface area contributed by atoms with E-state index < -0.39 is 0 Å². The molecule has 2 amide bonds. The van der Waals surface area contributed by atoms with Crippen molar-refractivity contribution in [2.24, 2.45) is 0 Å². The zero-order valence-electron chi connectivity index (χ0n) is 19.3. The number of carbonyl (C=O) groups is 2. The fraction of sp³-hybridized carbons (Fsp3) is 0.185. The highest BCUT2D eigenvalue weighted by molar-refractivity contribution is 7.13. The predicted octanol–water partition coefficient (Wildman–Crippen LogP) is 4.63. The van der Waals surface area contributed by atoms with Gasteiger partial charge in [-0.1, -0.05) is 24.3 Å². The largest absolute Gasteiger partial charge is 0.449 e. The number of hydrogen-bond acceptors (Lipinski definition) is 6. The maximum absolute atomic E-state index is 12.7. The molecule has 0 saturated carbocycles. The third-order valence-corrected chi connectivity index (χ3v) is 6.79. The molecule has 0 aliphatic carbocycles. The zero-order valence-corrected chi connectivity index (χ0v) is 20.1. The second-order valence-electron chi connectivity index (χ2n) is 8.12. The van der Waals surface area contributed by atoms with Crippen molar-refractivity contribution in [2.45, 2.75) is 0 Å². The Morgan fingerprint density at radius 1 is 0.971 bits per heavy atom. The Morgan fingerprint density at radius 2 is 1.69 bits per heavy atom. The summed E-state index contributed by atoms with van der Waals surface area (Å²) in [5, 5.41) is 2.98. The molecule has 7 nitrogen and oxygen atoms in total. The van der Waals surface area contributed by atoms with E-state index in [-0.39, 0.29) is 17.6 Å². The first-order valence-corrected chi connectivity index (χ1v) is 12.2. The van der Waals surface area contributed by atoms with Gasteiger partial charge < -0.3 is 24.6 Å². The lowest BCUT2D eigenvalue weighted by Crippen LogP contribution is -2.36. The van der Waals surface area contributed by atoms with Crippen LogP contribution in [0.3, 0.4) is 0 Å². The lowest BCUT2D eigenvalue weighted by molar-refractivity contribution is -0.117. The van der Waals surface area contributed by atoms with E-state index in [1.807, 2.05) is 60.7 Å². The van der Waals surface area contributed by atoms with Gasteiger partial charge in [0, 0.05) is 42.0 Å². The Morgan fingerprint density at radius 3 is 2.51 bits per heavy atom. The molecule has 1 fully saturated rings. The van der Waals surface area contributed by atoms with E-state index in [2.05, 4.69) is 10.2 Å².